The van der Waals surface area contributed by atoms with Crippen molar-refractivity contribution in [3.8, 4) is 17.1 Å². The van der Waals surface area contributed by atoms with E-state index in [1.54, 1.807) is 6.92 Å². The number of rotatable bonds is 21. The number of halogens is 1. The molecule has 0 bridgehead atoms. The van der Waals surface area contributed by atoms with Gasteiger partial charge in [0, 0.05) is 31.3 Å². The molecule has 0 aliphatic heterocycles. The van der Waals surface area contributed by atoms with Gasteiger partial charge in [0.25, 0.3) is 0 Å². The van der Waals surface area contributed by atoms with E-state index in [1.165, 1.54) is 95.5 Å². The normalized spacial score (nSPS) is 13.0. The molecule has 0 aliphatic rings. The number of benzene rings is 1. The Kier molecular flexibility index (Phi) is 15.4. The smallest absolute Gasteiger partial charge is 0.245 e. The van der Waals surface area contributed by atoms with Crippen molar-refractivity contribution in [2.45, 2.75) is 142 Å². The van der Waals surface area contributed by atoms with Gasteiger partial charge in [-0.05, 0) is 49.1 Å². The molecule has 0 radical (unpaired) electrons. The molecule has 1 atom stereocenters. The molecule has 0 saturated heterocycles. The summed E-state index contributed by atoms with van der Waals surface area (Å²) in [5.41, 5.74) is 2.11. The van der Waals surface area contributed by atoms with Crippen molar-refractivity contribution < 1.29 is 9.13 Å². The SMILES string of the molecule is CCCCCCCCCCCC(C)(F)Oc1ccc(-c2ncc(CCCCCCCCC)cn2)cc1. The predicted octanol–water partition coefficient (Wildman–Crippen LogP) is 10.4. The summed E-state index contributed by atoms with van der Waals surface area (Å²) in [5.74, 6) is -0.394. The Bertz CT molecular complexity index is 789. The van der Waals surface area contributed by atoms with Crippen LogP contribution >= 0.6 is 0 Å². The first-order valence-corrected chi connectivity index (χ1v) is 14.8. The van der Waals surface area contributed by atoms with Crippen LogP contribution in [0.1, 0.15) is 135 Å². The van der Waals surface area contributed by atoms with E-state index in [0.29, 0.717) is 18.0 Å². The Morgan fingerprint density at radius 1 is 0.667 bits per heavy atom. The quantitative estimate of drug-likeness (QED) is 0.161. The lowest BCUT2D eigenvalue weighted by molar-refractivity contribution is -0.0530. The van der Waals surface area contributed by atoms with Crippen LogP contribution in [0.15, 0.2) is 36.7 Å². The minimum atomic E-state index is -1.64. The molecular formula is C32H51FN2O. The Hall–Kier alpha value is -1.97. The molecule has 0 amide bonds. The monoisotopic (exact) mass is 498 g/mol. The predicted molar refractivity (Wildman–Crippen MR) is 151 cm³/mol. The third-order valence-electron chi connectivity index (χ3n) is 6.94. The summed E-state index contributed by atoms with van der Waals surface area (Å²) in [5, 5.41) is 0. The number of hydrogen-bond acceptors (Lipinski definition) is 3. The number of unbranched alkanes of at least 4 members (excludes halogenated alkanes) is 14. The number of alkyl halides is 1. The maximum atomic E-state index is 14.9. The van der Waals surface area contributed by atoms with E-state index in [-0.39, 0.29) is 0 Å². The Morgan fingerprint density at radius 3 is 1.67 bits per heavy atom. The fourth-order valence-electron chi connectivity index (χ4n) is 4.64. The van der Waals surface area contributed by atoms with E-state index in [4.69, 9.17) is 4.74 Å². The molecule has 0 aliphatic carbocycles. The fraction of sp³-hybridized carbons (Fsp3) is 0.688. The molecule has 4 heteroatoms. The van der Waals surface area contributed by atoms with Gasteiger partial charge in [0.1, 0.15) is 5.75 Å². The summed E-state index contributed by atoms with van der Waals surface area (Å²) >= 11 is 0. The van der Waals surface area contributed by atoms with Gasteiger partial charge in [0.2, 0.25) is 5.85 Å². The van der Waals surface area contributed by atoms with Gasteiger partial charge < -0.3 is 4.74 Å². The van der Waals surface area contributed by atoms with Crippen molar-refractivity contribution in [3.05, 3.63) is 42.2 Å². The van der Waals surface area contributed by atoms with E-state index in [1.807, 2.05) is 36.7 Å². The van der Waals surface area contributed by atoms with Crippen molar-refractivity contribution in [2.24, 2.45) is 0 Å². The van der Waals surface area contributed by atoms with Crippen molar-refractivity contribution in [2.75, 3.05) is 0 Å². The molecule has 0 spiro atoms. The van der Waals surface area contributed by atoms with Crippen molar-refractivity contribution in [1.29, 1.82) is 0 Å². The summed E-state index contributed by atoms with van der Waals surface area (Å²) in [7, 11) is 0. The summed E-state index contributed by atoms with van der Waals surface area (Å²) < 4.78 is 20.6. The molecule has 1 unspecified atom stereocenters. The highest BCUT2D eigenvalue weighted by molar-refractivity contribution is 5.55. The van der Waals surface area contributed by atoms with Gasteiger partial charge in [-0.1, -0.05) is 104 Å². The Balaban J connectivity index is 1.67. The lowest BCUT2D eigenvalue weighted by Crippen LogP contribution is -2.26. The second-order valence-corrected chi connectivity index (χ2v) is 10.6. The Labute approximate surface area is 220 Å². The minimum absolute atomic E-state index is 0.425. The number of hydrogen-bond donors (Lipinski definition) is 0. The first kappa shape index (κ1) is 30.3. The van der Waals surface area contributed by atoms with Crippen LogP contribution in [0, 0.1) is 0 Å². The maximum Gasteiger partial charge on any atom is 0.245 e. The van der Waals surface area contributed by atoms with Gasteiger partial charge in [0.05, 0.1) is 0 Å². The first-order chi connectivity index (χ1) is 17.5. The lowest BCUT2D eigenvalue weighted by Gasteiger charge is -2.22. The largest absolute Gasteiger partial charge is 0.458 e. The topological polar surface area (TPSA) is 35.0 Å². The molecule has 1 aromatic carbocycles. The van der Waals surface area contributed by atoms with Gasteiger partial charge in [0.15, 0.2) is 5.82 Å². The van der Waals surface area contributed by atoms with E-state index in [2.05, 4.69) is 23.8 Å². The number of nitrogens with zero attached hydrogens (tertiary/aromatic N) is 2. The summed E-state index contributed by atoms with van der Waals surface area (Å²) in [6, 6.07) is 7.46. The third kappa shape index (κ3) is 13.4. The molecule has 0 N–H and O–H groups in total. The highest BCUT2D eigenvalue weighted by Gasteiger charge is 2.24. The third-order valence-corrected chi connectivity index (χ3v) is 6.94. The molecule has 3 nitrogen and oxygen atoms in total. The van der Waals surface area contributed by atoms with E-state index < -0.39 is 5.85 Å². The van der Waals surface area contributed by atoms with Gasteiger partial charge in [-0.3, -0.25) is 0 Å². The summed E-state index contributed by atoms with van der Waals surface area (Å²) in [6.45, 7) is 6.04. The zero-order valence-electron chi connectivity index (χ0n) is 23.4. The van der Waals surface area contributed by atoms with Crippen LogP contribution in [0.25, 0.3) is 11.4 Å². The summed E-state index contributed by atoms with van der Waals surface area (Å²) in [4.78, 5) is 9.10. The highest BCUT2D eigenvalue weighted by Crippen LogP contribution is 2.27. The Morgan fingerprint density at radius 2 is 1.14 bits per heavy atom. The maximum absolute atomic E-state index is 14.9. The molecule has 0 fully saturated rings. The van der Waals surface area contributed by atoms with Gasteiger partial charge in [-0.15, -0.1) is 0 Å². The first-order valence-electron chi connectivity index (χ1n) is 14.8. The van der Waals surface area contributed by atoms with E-state index in [9.17, 15) is 4.39 Å². The van der Waals surface area contributed by atoms with Crippen LogP contribution in [0.5, 0.6) is 5.75 Å². The molecule has 0 saturated carbocycles. The van der Waals surface area contributed by atoms with Crippen molar-refractivity contribution in [3.63, 3.8) is 0 Å². The number of ether oxygens (including phenoxy) is 1. The minimum Gasteiger partial charge on any atom is -0.458 e. The van der Waals surface area contributed by atoms with Crippen LogP contribution in [-0.4, -0.2) is 15.8 Å². The standard InChI is InChI=1S/C32H51FN2O/c1-4-6-8-10-12-13-15-17-19-25-32(3,33)36-30-23-21-29(22-24-30)31-34-26-28(27-35-31)20-18-16-14-11-9-7-5-2/h21-24,26-27H,4-20,25H2,1-3H3. The van der Waals surface area contributed by atoms with Crippen molar-refractivity contribution in [1.82, 2.24) is 9.97 Å². The van der Waals surface area contributed by atoms with Crippen LogP contribution < -0.4 is 4.74 Å². The van der Waals surface area contributed by atoms with Gasteiger partial charge in [-0.2, -0.15) is 4.39 Å². The molecule has 1 aromatic heterocycles. The van der Waals surface area contributed by atoms with Crippen molar-refractivity contribution >= 4 is 0 Å². The zero-order valence-corrected chi connectivity index (χ0v) is 23.4. The average molecular weight is 499 g/mol. The number of aryl methyl sites for hydroxylation is 1. The fourth-order valence-corrected chi connectivity index (χ4v) is 4.64. The second kappa shape index (κ2) is 18.3. The van der Waals surface area contributed by atoms with Crippen LogP contribution in [-0.2, 0) is 6.42 Å². The summed E-state index contributed by atoms with van der Waals surface area (Å²) in [6.07, 6.45) is 25.5. The number of aromatic nitrogens is 2. The van der Waals surface area contributed by atoms with Gasteiger partial charge >= 0.3 is 0 Å². The molecule has 2 aromatic rings. The van der Waals surface area contributed by atoms with Crippen LogP contribution in [0.4, 0.5) is 4.39 Å². The highest BCUT2D eigenvalue weighted by atomic mass is 19.2. The van der Waals surface area contributed by atoms with E-state index in [0.717, 1.165) is 24.8 Å². The van der Waals surface area contributed by atoms with Crippen LogP contribution in [0.3, 0.4) is 0 Å². The van der Waals surface area contributed by atoms with Gasteiger partial charge in [-0.25, -0.2) is 9.97 Å². The molecule has 36 heavy (non-hydrogen) atoms. The molecule has 202 valence electrons. The van der Waals surface area contributed by atoms with Crippen LogP contribution in [0.2, 0.25) is 0 Å². The zero-order chi connectivity index (χ0) is 25.9. The lowest BCUT2D eigenvalue weighted by atomic mass is 10.0. The van der Waals surface area contributed by atoms with E-state index >= 15 is 0 Å². The molecule has 2 rings (SSSR count). The molecule has 1 heterocycles. The average Bonchev–Trinajstić information content (AvgIpc) is 2.88. The second-order valence-electron chi connectivity index (χ2n) is 10.6. The molecular weight excluding hydrogens is 447 g/mol.